The van der Waals surface area contributed by atoms with Gasteiger partial charge in [-0.25, -0.2) is 0 Å². The van der Waals surface area contributed by atoms with Gasteiger partial charge in [0.25, 0.3) is 0 Å². The van der Waals surface area contributed by atoms with Crippen molar-refractivity contribution in [1.29, 1.82) is 0 Å². The molecule has 20 heavy (non-hydrogen) atoms. The fourth-order valence-corrected chi connectivity index (χ4v) is 2.04. The van der Waals surface area contributed by atoms with E-state index in [0.717, 1.165) is 25.7 Å². The van der Waals surface area contributed by atoms with Crippen LogP contribution in [0.25, 0.3) is 0 Å². The fourth-order valence-electron chi connectivity index (χ4n) is 2.04. The Kier molecular flexibility index (Phi) is 13.1. The van der Waals surface area contributed by atoms with E-state index < -0.39 is 17.5 Å². The minimum Gasteiger partial charge on any atom is -0.481 e. The van der Waals surface area contributed by atoms with Gasteiger partial charge in [0, 0.05) is 6.61 Å². The molecule has 0 fully saturated rings. The van der Waals surface area contributed by atoms with E-state index in [1.165, 1.54) is 0 Å². The first-order valence-electron chi connectivity index (χ1n) is 7.52. The Labute approximate surface area is 123 Å². The van der Waals surface area contributed by atoms with Crippen LogP contribution in [0.15, 0.2) is 0 Å². The molecule has 2 atom stereocenters. The molecule has 0 aromatic heterocycles. The lowest BCUT2D eigenvalue weighted by atomic mass is 9.80. The predicted molar refractivity (Wildman–Crippen MR) is 79.7 cm³/mol. The van der Waals surface area contributed by atoms with Gasteiger partial charge in [-0.05, 0) is 32.6 Å². The summed E-state index contributed by atoms with van der Waals surface area (Å²) in [6.45, 7) is 9.93. The summed E-state index contributed by atoms with van der Waals surface area (Å²) in [5.41, 5.74) is -0.458. The summed E-state index contributed by atoms with van der Waals surface area (Å²) < 4.78 is 5.13. The van der Waals surface area contributed by atoms with E-state index in [1.54, 1.807) is 0 Å². The topological polar surface area (TPSA) is 87.0 Å². The third-order valence-electron chi connectivity index (χ3n) is 3.88. The Morgan fingerprint density at radius 1 is 1.10 bits per heavy atom. The monoisotopic (exact) mass is 292 g/mol. The molecule has 0 spiro atoms. The van der Waals surface area contributed by atoms with Crippen LogP contribution in [0.5, 0.6) is 0 Å². The van der Waals surface area contributed by atoms with Crippen molar-refractivity contribution in [2.45, 2.75) is 72.5 Å². The molecule has 0 saturated heterocycles. The average molecular weight is 292 g/mol. The van der Waals surface area contributed by atoms with Crippen LogP contribution in [-0.2, 0) is 9.53 Å². The first-order valence-corrected chi connectivity index (χ1v) is 7.52. The van der Waals surface area contributed by atoms with Gasteiger partial charge in [-0.1, -0.05) is 27.7 Å². The molecule has 0 saturated carbocycles. The molecule has 0 bridgehead atoms. The summed E-state index contributed by atoms with van der Waals surface area (Å²) in [6.07, 6.45) is 1.98. The van der Waals surface area contributed by atoms with Crippen molar-refractivity contribution in [2.24, 2.45) is 5.41 Å². The second-order valence-electron chi connectivity index (χ2n) is 4.80. The van der Waals surface area contributed by atoms with Crippen LogP contribution in [0.4, 0.5) is 0 Å². The lowest BCUT2D eigenvalue weighted by molar-refractivity contribution is -0.149. The van der Waals surface area contributed by atoms with Gasteiger partial charge >= 0.3 is 5.97 Å². The highest BCUT2D eigenvalue weighted by Gasteiger charge is 2.32. The number of hydrogen-bond donors (Lipinski definition) is 3. The third kappa shape index (κ3) is 7.22. The summed E-state index contributed by atoms with van der Waals surface area (Å²) in [5, 5.41) is 26.4. The molecular formula is C15H32O5. The molecule has 0 aliphatic rings. The number of rotatable bonds is 9. The van der Waals surface area contributed by atoms with Crippen LogP contribution in [0.1, 0.15) is 60.3 Å². The SMILES string of the molecule is CCC(CC)(CC)C(=O)O.CCOC(CC)C(O)CO. The van der Waals surface area contributed by atoms with Gasteiger partial charge in [0.15, 0.2) is 0 Å². The number of ether oxygens (including phenoxy) is 1. The molecule has 0 rings (SSSR count). The van der Waals surface area contributed by atoms with Crippen molar-refractivity contribution in [2.75, 3.05) is 13.2 Å². The summed E-state index contributed by atoms with van der Waals surface area (Å²) in [6, 6.07) is 0. The maximum Gasteiger partial charge on any atom is 0.309 e. The molecule has 5 nitrogen and oxygen atoms in total. The van der Waals surface area contributed by atoms with Crippen molar-refractivity contribution < 1.29 is 24.9 Å². The van der Waals surface area contributed by atoms with E-state index >= 15 is 0 Å². The molecule has 2 unspecified atom stereocenters. The average Bonchev–Trinajstić information content (AvgIpc) is 2.46. The Morgan fingerprint density at radius 2 is 1.55 bits per heavy atom. The van der Waals surface area contributed by atoms with E-state index in [4.69, 9.17) is 20.1 Å². The van der Waals surface area contributed by atoms with Crippen LogP contribution in [-0.4, -0.2) is 46.7 Å². The van der Waals surface area contributed by atoms with Gasteiger partial charge in [0.05, 0.1) is 18.1 Å². The van der Waals surface area contributed by atoms with Gasteiger partial charge in [-0.15, -0.1) is 0 Å². The van der Waals surface area contributed by atoms with Crippen molar-refractivity contribution in [3.63, 3.8) is 0 Å². The summed E-state index contributed by atoms with van der Waals surface area (Å²) in [7, 11) is 0. The molecule has 0 aromatic carbocycles. The van der Waals surface area contributed by atoms with E-state index in [0.29, 0.717) is 6.61 Å². The molecule has 0 heterocycles. The second-order valence-corrected chi connectivity index (χ2v) is 4.80. The first-order chi connectivity index (χ1) is 9.38. The zero-order chi connectivity index (χ0) is 16.2. The maximum absolute atomic E-state index is 10.7. The van der Waals surface area contributed by atoms with Crippen LogP contribution in [0.2, 0.25) is 0 Å². The van der Waals surface area contributed by atoms with Crippen LogP contribution in [0, 0.1) is 5.41 Å². The number of hydrogen-bond acceptors (Lipinski definition) is 4. The minimum atomic E-state index is -0.732. The minimum absolute atomic E-state index is 0.213. The van der Waals surface area contributed by atoms with Gasteiger partial charge in [-0.2, -0.15) is 0 Å². The molecule has 0 aliphatic heterocycles. The lowest BCUT2D eigenvalue weighted by Gasteiger charge is -2.24. The molecule has 5 heteroatoms. The Balaban J connectivity index is 0. The van der Waals surface area contributed by atoms with Gasteiger partial charge in [-0.3, -0.25) is 4.79 Å². The van der Waals surface area contributed by atoms with Crippen molar-refractivity contribution in [3.05, 3.63) is 0 Å². The zero-order valence-electron chi connectivity index (χ0n) is 13.6. The zero-order valence-corrected chi connectivity index (χ0v) is 13.6. The van der Waals surface area contributed by atoms with Crippen LogP contribution < -0.4 is 0 Å². The lowest BCUT2D eigenvalue weighted by Crippen LogP contribution is -2.31. The molecule has 0 aliphatic carbocycles. The molecule has 0 radical (unpaired) electrons. The summed E-state index contributed by atoms with van der Waals surface area (Å²) in [5.74, 6) is -0.653. The Hall–Kier alpha value is -0.650. The fraction of sp³-hybridized carbons (Fsp3) is 0.933. The summed E-state index contributed by atoms with van der Waals surface area (Å²) in [4.78, 5) is 10.7. The largest absolute Gasteiger partial charge is 0.481 e. The standard InChI is InChI=1S/C8H16O2.C7H16O3/c1-4-8(5-2,6-3)7(9)10;1-3-7(10-4-2)6(9)5-8/h4-6H2,1-3H3,(H,9,10);6-9H,3-5H2,1-2H3. The number of aliphatic hydroxyl groups is 2. The normalized spacial score (nSPS) is 14.2. The molecule has 0 aromatic rings. The van der Waals surface area contributed by atoms with Crippen molar-refractivity contribution in [1.82, 2.24) is 0 Å². The van der Waals surface area contributed by atoms with Gasteiger partial charge < -0.3 is 20.1 Å². The van der Waals surface area contributed by atoms with Gasteiger partial charge in [0.2, 0.25) is 0 Å². The molecule has 0 amide bonds. The first kappa shape index (κ1) is 21.6. The van der Waals surface area contributed by atoms with E-state index in [2.05, 4.69) is 0 Å². The smallest absolute Gasteiger partial charge is 0.309 e. The molecular weight excluding hydrogens is 260 g/mol. The Morgan fingerprint density at radius 3 is 1.70 bits per heavy atom. The Bertz CT molecular complexity index is 230. The molecule has 122 valence electrons. The quantitative estimate of drug-likeness (QED) is 0.607. The number of carboxylic acids is 1. The predicted octanol–water partition coefficient (Wildman–Crippen LogP) is 2.44. The summed E-state index contributed by atoms with van der Waals surface area (Å²) >= 11 is 0. The van der Waals surface area contributed by atoms with E-state index in [1.807, 2.05) is 34.6 Å². The van der Waals surface area contributed by atoms with E-state index in [9.17, 15) is 4.79 Å². The van der Waals surface area contributed by atoms with E-state index in [-0.39, 0.29) is 12.7 Å². The number of carbonyl (C=O) groups is 1. The van der Waals surface area contributed by atoms with Crippen LogP contribution in [0.3, 0.4) is 0 Å². The van der Waals surface area contributed by atoms with Crippen molar-refractivity contribution in [3.8, 4) is 0 Å². The highest BCUT2D eigenvalue weighted by molar-refractivity contribution is 5.74. The second kappa shape index (κ2) is 12.1. The number of carboxylic acid groups (broad SMARTS) is 1. The number of aliphatic hydroxyl groups excluding tert-OH is 2. The number of aliphatic carboxylic acids is 1. The van der Waals surface area contributed by atoms with Gasteiger partial charge in [0.1, 0.15) is 6.10 Å². The maximum atomic E-state index is 10.7. The third-order valence-corrected chi connectivity index (χ3v) is 3.88. The highest BCUT2D eigenvalue weighted by atomic mass is 16.5. The molecule has 3 N–H and O–H groups in total. The highest BCUT2D eigenvalue weighted by Crippen LogP contribution is 2.30. The van der Waals surface area contributed by atoms with Crippen LogP contribution >= 0.6 is 0 Å². The van der Waals surface area contributed by atoms with Crippen molar-refractivity contribution >= 4 is 5.97 Å².